The number of rotatable bonds is 8. The summed E-state index contributed by atoms with van der Waals surface area (Å²) in [6.45, 7) is 2.31. The number of urea groups is 1. The molecule has 0 radical (unpaired) electrons. The number of amides is 2. The molecule has 0 aliphatic rings. The van der Waals surface area contributed by atoms with Gasteiger partial charge in [0.05, 0.1) is 19.6 Å². The van der Waals surface area contributed by atoms with Crippen LogP contribution in [0.15, 0.2) is 0 Å². The lowest BCUT2D eigenvalue weighted by Crippen LogP contribution is -2.48. The third-order valence-corrected chi connectivity index (χ3v) is 2.62. The summed E-state index contributed by atoms with van der Waals surface area (Å²) in [6, 6.07) is 0.174. The largest absolute Gasteiger partial charge is 0.480 e. The lowest BCUT2D eigenvalue weighted by molar-refractivity contribution is -0.142. The highest BCUT2D eigenvalue weighted by Gasteiger charge is 2.23. The fraction of sp³-hybridized carbons (Fsp3) is 0.667. The van der Waals surface area contributed by atoms with Crippen LogP contribution in [0.3, 0.4) is 0 Å². The molecule has 2 N–H and O–H groups in total. The van der Waals surface area contributed by atoms with Crippen LogP contribution in [0.25, 0.3) is 0 Å². The van der Waals surface area contributed by atoms with E-state index in [2.05, 4.69) is 10.1 Å². The van der Waals surface area contributed by atoms with Crippen molar-refractivity contribution in [2.75, 3.05) is 20.2 Å². The van der Waals surface area contributed by atoms with E-state index in [1.54, 1.807) is 6.92 Å². The van der Waals surface area contributed by atoms with Gasteiger partial charge >= 0.3 is 18.0 Å². The zero-order chi connectivity index (χ0) is 15.5. The fourth-order valence-corrected chi connectivity index (χ4v) is 1.45. The van der Waals surface area contributed by atoms with E-state index < -0.39 is 24.0 Å². The van der Waals surface area contributed by atoms with Gasteiger partial charge in [-0.25, -0.2) is 9.59 Å². The Morgan fingerprint density at radius 1 is 1.45 bits per heavy atom. The maximum Gasteiger partial charge on any atom is 0.326 e. The maximum absolute atomic E-state index is 11.8. The summed E-state index contributed by atoms with van der Waals surface area (Å²) in [5.41, 5.74) is 0. The molecular weight excluding hydrogens is 266 g/mol. The molecule has 0 saturated carbocycles. The first-order valence-corrected chi connectivity index (χ1v) is 6.18. The average molecular weight is 285 g/mol. The third-order valence-electron chi connectivity index (χ3n) is 2.62. The SMILES string of the molecule is CCN(CCC#N)C(=O)N[C@@H](CCC(=O)OC)C(=O)O. The Kier molecular flexibility index (Phi) is 8.50. The number of carbonyl (C=O) groups is 3. The number of ether oxygens (including phenoxy) is 1. The predicted octanol–water partition coefficient (Wildman–Crippen LogP) is 0.338. The Morgan fingerprint density at radius 2 is 2.10 bits per heavy atom. The fourth-order valence-electron chi connectivity index (χ4n) is 1.45. The average Bonchev–Trinajstić information content (AvgIpc) is 2.43. The first-order valence-electron chi connectivity index (χ1n) is 6.18. The number of esters is 1. The van der Waals surface area contributed by atoms with Gasteiger partial charge in [-0.3, -0.25) is 4.79 Å². The van der Waals surface area contributed by atoms with Crippen LogP contribution in [-0.4, -0.2) is 54.2 Å². The summed E-state index contributed by atoms with van der Waals surface area (Å²) in [5, 5.41) is 19.8. The molecule has 1 atom stereocenters. The highest BCUT2D eigenvalue weighted by atomic mass is 16.5. The van der Waals surface area contributed by atoms with Gasteiger partial charge in [0.2, 0.25) is 0 Å². The van der Waals surface area contributed by atoms with E-state index in [-0.39, 0.29) is 25.8 Å². The summed E-state index contributed by atoms with van der Waals surface area (Å²) in [6.07, 6.45) is 0.0166. The van der Waals surface area contributed by atoms with Gasteiger partial charge < -0.3 is 20.1 Å². The third kappa shape index (κ3) is 6.58. The number of nitrogens with one attached hydrogen (secondary N) is 1. The Morgan fingerprint density at radius 3 is 2.55 bits per heavy atom. The van der Waals surface area contributed by atoms with Crippen LogP contribution in [0, 0.1) is 11.3 Å². The normalized spacial score (nSPS) is 11.1. The highest BCUT2D eigenvalue weighted by molar-refractivity contribution is 5.83. The van der Waals surface area contributed by atoms with Crippen molar-refractivity contribution in [1.82, 2.24) is 10.2 Å². The molecule has 0 aromatic heterocycles. The number of carboxylic acid groups (broad SMARTS) is 1. The van der Waals surface area contributed by atoms with Crippen molar-refractivity contribution < 1.29 is 24.2 Å². The molecule has 0 saturated heterocycles. The first-order chi connectivity index (χ1) is 9.46. The van der Waals surface area contributed by atoms with E-state index in [1.165, 1.54) is 12.0 Å². The first kappa shape index (κ1) is 17.7. The molecule has 112 valence electrons. The van der Waals surface area contributed by atoms with Crippen LogP contribution >= 0.6 is 0 Å². The molecule has 8 nitrogen and oxygen atoms in total. The van der Waals surface area contributed by atoms with E-state index in [9.17, 15) is 14.4 Å². The topological polar surface area (TPSA) is 120 Å². The summed E-state index contributed by atoms with van der Waals surface area (Å²) in [5.74, 6) is -1.76. The quantitative estimate of drug-likeness (QED) is 0.620. The Balaban J connectivity index is 4.49. The molecule has 2 amide bonds. The standard InChI is InChI=1S/C12H19N3O5/c1-3-15(8-4-7-13)12(19)14-9(11(17)18)5-6-10(16)20-2/h9H,3-6,8H2,1-2H3,(H,14,19)(H,17,18)/t9-/m0/s1. The van der Waals surface area contributed by atoms with E-state index in [0.29, 0.717) is 6.54 Å². The Labute approximate surface area is 117 Å². The molecule has 0 unspecified atom stereocenters. The number of methoxy groups -OCH3 is 1. The Hall–Kier alpha value is -2.30. The van der Waals surface area contributed by atoms with Gasteiger partial charge in [-0.2, -0.15) is 5.26 Å². The van der Waals surface area contributed by atoms with Crippen LogP contribution in [0.4, 0.5) is 4.79 Å². The number of carboxylic acids is 1. The summed E-state index contributed by atoms with van der Waals surface area (Å²) in [7, 11) is 1.21. The van der Waals surface area contributed by atoms with Gasteiger partial charge in [0.25, 0.3) is 0 Å². The van der Waals surface area contributed by atoms with Gasteiger partial charge in [-0.1, -0.05) is 0 Å². The molecule has 0 spiro atoms. The van der Waals surface area contributed by atoms with E-state index >= 15 is 0 Å². The molecule has 0 rings (SSSR count). The number of nitriles is 1. The minimum atomic E-state index is -1.22. The minimum absolute atomic E-state index is 0.0520. The maximum atomic E-state index is 11.8. The van der Waals surface area contributed by atoms with Crippen molar-refractivity contribution >= 4 is 18.0 Å². The lowest BCUT2D eigenvalue weighted by Gasteiger charge is -2.22. The van der Waals surface area contributed by atoms with Crippen molar-refractivity contribution in [3.8, 4) is 6.07 Å². The number of nitrogens with zero attached hydrogens (tertiary/aromatic N) is 2. The van der Waals surface area contributed by atoms with E-state index in [1.807, 2.05) is 6.07 Å². The van der Waals surface area contributed by atoms with Gasteiger partial charge in [0, 0.05) is 19.5 Å². The van der Waals surface area contributed by atoms with E-state index in [0.717, 1.165) is 0 Å². The summed E-state index contributed by atoms with van der Waals surface area (Å²) >= 11 is 0. The van der Waals surface area contributed by atoms with Crippen LogP contribution in [0.2, 0.25) is 0 Å². The molecule has 0 aliphatic carbocycles. The molecule has 20 heavy (non-hydrogen) atoms. The molecule has 0 bridgehead atoms. The second-order valence-corrected chi connectivity index (χ2v) is 3.94. The number of aliphatic carboxylic acids is 1. The minimum Gasteiger partial charge on any atom is -0.480 e. The monoisotopic (exact) mass is 285 g/mol. The molecular formula is C12H19N3O5. The van der Waals surface area contributed by atoms with E-state index in [4.69, 9.17) is 10.4 Å². The van der Waals surface area contributed by atoms with Crippen molar-refractivity contribution in [3.63, 3.8) is 0 Å². The van der Waals surface area contributed by atoms with Gasteiger partial charge in [0.15, 0.2) is 0 Å². The number of carbonyl (C=O) groups excluding carboxylic acids is 2. The second-order valence-electron chi connectivity index (χ2n) is 3.94. The summed E-state index contributed by atoms with van der Waals surface area (Å²) < 4.78 is 4.42. The van der Waals surface area contributed by atoms with Crippen molar-refractivity contribution in [1.29, 1.82) is 5.26 Å². The van der Waals surface area contributed by atoms with Crippen molar-refractivity contribution in [2.45, 2.75) is 32.2 Å². The molecule has 0 aromatic rings. The Bertz CT molecular complexity index is 391. The molecule has 0 heterocycles. The van der Waals surface area contributed by atoms with Crippen LogP contribution in [0.5, 0.6) is 0 Å². The molecule has 0 aliphatic heterocycles. The molecule has 8 heteroatoms. The highest BCUT2D eigenvalue weighted by Crippen LogP contribution is 2.02. The smallest absolute Gasteiger partial charge is 0.326 e. The second kappa shape index (κ2) is 9.61. The molecule has 0 aromatic carbocycles. The van der Waals surface area contributed by atoms with Gasteiger partial charge in [-0.15, -0.1) is 0 Å². The molecule has 0 fully saturated rings. The van der Waals surface area contributed by atoms with Crippen molar-refractivity contribution in [2.24, 2.45) is 0 Å². The van der Waals surface area contributed by atoms with Crippen LogP contribution < -0.4 is 5.32 Å². The summed E-state index contributed by atoms with van der Waals surface area (Å²) in [4.78, 5) is 35.2. The zero-order valence-corrected chi connectivity index (χ0v) is 11.6. The van der Waals surface area contributed by atoms with Crippen molar-refractivity contribution in [3.05, 3.63) is 0 Å². The van der Waals surface area contributed by atoms with Crippen LogP contribution in [0.1, 0.15) is 26.2 Å². The van der Waals surface area contributed by atoms with Gasteiger partial charge in [-0.05, 0) is 13.3 Å². The number of hydrogen-bond acceptors (Lipinski definition) is 5. The zero-order valence-electron chi connectivity index (χ0n) is 11.6. The number of hydrogen-bond donors (Lipinski definition) is 2. The van der Waals surface area contributed by atoms with Gasteiger partial charge in [0.1, 0.15) is 6.04 Å². The predicted molar refractivity (Wildman–Crippen MR) is 68.7 cm³/mol. The van der Waals surface area contributed by atoms with Crippen LogP contribution in [-0.2, 0) is 14.3 Å². The lowest BCUT2D eigenvalue weighted by atomic mass is 10.1.